The number of hydrogen-bond donors (Lipinski definition) is 2. The van der Waals surface area contributed by atoms with E-state index < -0.39 is 5.82 Å². The van der Waals surface area contributed by atoms with E-state index in [1.807, 2.05) is 6.92 Å². The molecule has 1 aliphatic rings. The van der Waals surface area contributed by atoms with Crippen molar-refractivity contribution >= 4 is 17.5 Å². The third-order valence-corrected chi connectivity index (χ3v) is 3.49. The molecule has 0 spiro atoms. The summed E-state index contributed by atoms with van der Waals surface area (Å²) in [6.07, 6.45) is 1.78. The molecule has 1 aromatic rings. The molecule has 2 atom stereocenters. The Hall–Kier alpha value is -1.13. The highest BCUT2D eigenvalue weighted by atomic mass is 35.5. The summed E-state index contributed by atoms with van der Waals surface area (Å²) >= 11 is 5.64. The second-order valence-corrected chi connectivity index (χ2v) is 4.95. The molecule has 0 saturated carbocycles. The van der Waals surface area contributed by atoms with Gasteiger partial charge < -0.3 is 5.32 Å². The number of amides is 1. The fourth-order valence-electron chi connectivity index (χ4n) is 2.11. The van der Waals surface area contributed by atoms with Gasteiger partial charge in [0.15, 0.2) is 0 Å². The maximum Gasteiger partial charge on any atom is 0.237 e. The first kappa shape index (κ1) is 13.3. The van der Waals surface area contributed by atoms with Crippen LogP contribution in [0.3, 0.4) is 0 Å². The van der Waals surface area contributed by atoms with Crippen LogP contribution >= 0.6 is 11.6 Å². The first-order chi connectivity index (χ1) is 8.58. The Kier molecular flexibility index (Phi) is 4.19. The molecule has 0 aromatic heterocycles. The number of rotatable bonds is 3. The summed E-state index contributed by atoms with van der Waals surface area (Å²) in [5.41, 5.74) is 0.787. The zero-order valence-corrected chi connectivity index (χ0v) is 10.9. The van der Waals surface area contributed by atoms with Gasteiger partial charge in [-0.25, -0.2) is 4.39 Å². The Labute approximate surface area is 111 Å². The fraction of sp³-hybridized carbons (Fsp3) is 0.462. The van der Waals surface area contributed by atoms with Crippen molar-refractivity contribution in [1.82, 2.24) is 10.6 Å². The van der Waals surface area contributed by atoms with Gasteiger partial charge in [-0.15, -0.1) is 0 Å². The van der Waals surface area contributed by atoms with Crippen molar-refractivity contribution in [2.24, 2.45) is 0 Å². The van der Waals surface area contributed by atoms with Crippen molar-refractivity contribution in [3.8, 4) is 0 Å². The summed E-state index contributed by atoms with van der Waals surface area (Å²) in [7, 11) is 0. The van der Waals surface area contributed by atoms with E-state index in [1.54, 1.807) is 6.07 Å². The first-order valence-electron chi connectivity index (χ1n) is 6.06. The number of carbonyl (C=O) groups excluding carboxylic acids is 1. The maximum atomic E-state index is 13.4. The van der Waals surface area contributed by atoms with E-state index in [4.69, 9.17) is 11.6 Å². The van der Waals surface area contributed by atoms with E-state index in [1.165, 1.54) is 12.1 Å². The minimum atomic E-state index is -0.434. The third-order valence-electron chi connectivity index (χ3n) is 3.18. The highest BCUT2D eigenvalue weighted by molar-refractivity contribution is 6.30. The van der Waals surface area contributed by atoms with E-state index in [2.05, 4.69) is 10.6 Å². The topological polar surface area (TPSA) is 41.1 Å². The highest BCUT2D eigenvalue weighted by Crippen LogP contribution is 2.21. The average Bonchev–Trinajstić information content (AvgIpc) is 2.35. The largest absolute Gasteiger partial charge is 0.355 e. The molecule has 1 amide bonds. The van der Waals surface area contributed by atoms with Gasteiger partial charge in [-0.3, -0.25) is 10.1 Å². The first-order valence-corrected chi connectivity index (χ1v) is 6.44. The molecular weight excluding hydrogens is 255 g/mol. The lowest BCUT2D eigenvalue weighted by Crippen LogP contribution is -2.48. The van der Waals surface area contributed by atoms with Crippen LogP contribution in [-0.2, 0) is 4.79 Å². The Balaban J connectivity index is 2.04. The normalized spacial score (nSPS) is 21.5. The minimum Gasteiger partial charge on any atom is -0.355 e. The number of piperidine rings is 1. The molecule has 0 bridgehead atoms. The molecule has 3 nitrogen and oxygen atoms in total. The van der Waals surface area contributed by atoms with E-state index in [-0.39, 0.29) is 23.0 Å². The summed E-state index contributed by atoms with van der Waals surface area (Å²) in [5, 5.41) is 6.13. The number of nitrogens with one attached hydrogen (secondary N) is 2. The van der Waals surface area contributed by atoms with Crippen LogP contribution in [0.2, 0.25) is 5.02 Å². The Morgan fingerprint density at radius 3 is 3.00 bits per heavy atom. The molecule has 18 heavy (non-hydrogen) atoms. The van der Waals surface area contributed by atoms with Crippen LogP contribution in [0.5, 0.6) is 0 Å². The summed E-state index contributed by atoms with van der Waals surface area (Å²) in [4.78, 5) is 11.6. The number of carbonyl (C=O) groups is 1. The highest BCUT2D eigenvalue weighted by Gasteiger charge is 2.23. The molecule has 0 radical (unpaired) electrons. The van der Waals surface area contributed by atoms with E-state index >= 15 is 0 Å². The molecule has 2 N–H and O–H groups in total. The molecule has 0 aliphatic carbocycles. The maximum absolute atomic E-state index is 13.4. The van der Waals surface area contributed by atoms with E-state index in [0.29, 0.717) is 0 Å². The molecule has 2 unspecified atom stereocenters. The molecule has 1 heterocycles. The monoisotopic (exact) mass is 270 g/mol. The molecule has 98 valence electrons. The number of hydrogen-bond acceptors (Lipinski definition) is 2. The molecule has 1 aromatic carbocycles. The lowest BCUT2D eigenvalue weighted by Gasteiger charge is -2.26. The van der Waals surface area contributed by atoms with Crippen molar-refractivity contribution in [3.05, 3.63) is 34.6 Å². The van der Waals surface area contributed by atoms with Gasteiger partial charge in [0, 0.05) is 12.6 Å². The summed E-state index contributed by atoms with van der Waals surface area (Å²) in [6, 6.07) is 4.41. The summed E-state index contributed by atoms with van der Waals surface area (Å²) < 4.78 is 13.4. The molecule has 1 saturated heterocycles. The van der Waals surface area contributed by atoms with Crippen molar-refractivity contribution < 1.29 is 9.18 Å². The molecule has 5 heteroatoms. The SMILES string of the molecule is CC(NC1CCCNC1=O)c1ccc(Cl)c(F)c1. The zero-order valence-electron chi connectivity index (χ0n) is 10.2. The Morgan fingerprint density at radius 1 is 1.56 bits per heavy atom. The van der Waals surface area contributed by atoms with Crippen LogP contribution in [0.4, 0.5) is 4.39 Å². The Morgan fingerprint density at radius 2 is 2.33 bits per heavy atom. The van der Waals surface area contributed by atoms with Gasteiger partial charge in [0.05, 0.1) is 11.1 Å². The molecule has 1 fully saturated rings. The summed E-state index contributed by atoms with van der Waals surface area (Å²) in [5.74, 6) is -0.418. The van der Waals surface area contributed by atoms with Crippen molar-refractivity contribution in [2.45, 2.75) is 31.8 Å². The van der Waals surface area contributed by atoms with Gasteiger partial charge in [-0.1, -0.05) is 17.7 Å². The standard InChI is InChI=1S/C13H16ClFN2O/c1-8(9-4-5-10(14)11(15)7-9)17-12-3-2-6-16-13(12)18/h4-5,7-8,12,17H,2-3,6H2,1H3,(H,16,18). The van der Waals surface area contributed by atoms with E-state index in [0.717, 1.165) is 24.9 Å². The molecular formula is C13H16ClFN2O. The smallest absolute Gasteiger partial charge is 0.237 e. The third kappa shape index (κ3) is 3.00. The number of halogens is 2. The van der Waals surface area contributed by atoms with Crippen LogP contribution in [0, 0.1) is 5.82 Å². The second kappa shape index (κ2) is 5.67. The van der Waals surface area contributed by atoms with Crippen LogP contribution in [-0.4, -0.2) is 18.5 Å². The van der Waals surface area contributed by atoms with Gasteiger partial charge in [0.1, 0.15) is 5.82 Å². The molecule has 2 rings (SSSR count). The van der Waals surface area contributed by atoms with Crippen LogP contribution in [0.1, 0.15) is 31.4 Å². The minimum absolute atomic E-state index is 0.0162. The van der Waals surface area contributed by atoms with Gasteiger partial charge >= 0.3 is 0 Å². The molecule has 1 aliphatic heterocycles. The predicted octanol–water partition coefficient (Wildman–Crippen LogP) is 2.41. The van der Waals surface area contributed by atoms with Gasteiger partial charge in [0.2, 0.25) is 5.91 Å². The summed E-state index contributed by atoms with van der Waals surface area (Å²) in [6.45, 7) is 2.64. The van der Waals surface area contributed by atoms with E-state index in [9.17, 15) is 9.18 Å². The van der Waals surface area contributed by atoms with Crippen LogP contribution in [0.15, 0.2) is 18.2 Å². The fourth-order valence-corrected chi connectivity index (χ4v) is 2.23. The van der Waals surface area contributed by atoms with Crippen LogP contribution < -0.4 is 10.6 Å². The van der Waals surface area contributed by atoms with Gasteiger partial charge in [-0.05, 0) is 37.5 Å². The zero-order chi connectivity index (χ0) is 13.1. The lowest BCUT2D eigenvalue weighted by molar-refractivity contribution is -0.124. The lowest BCUT2D eigenvalue weighted by atomic mass is 10.0. The predicted molar refractivity (Wildman–Crippen MR) is 69.0 cm³/mol. The van der Waals surface area contributed by atoms with Crippen LogP contribution in [0.25, 0.3) is 0 Å². The van der Waals surface area contributed by atoms with Crippen molar-refractivity contribution in [1.29, 1.82) is 0 Å². The van der Waals surface area contributed by atoms with Gasteiger partial charge in [0.25, 0.3) is 0 Å². The quantitative estimate of drug-likeness (QED) is 0.886. The van der Waals surface area contributed by atoms with Gasteiger partial charge in [-0.2, -0.15) is 0 Å². The Bertz CT molecular complexity index is 453. The van der Waals surface area contributed by atoms with Crippen molar-refractivity contribution in [3.63, 3.8) is 0 Å². The number of benzene rings is 1. The average molecular weight is 271 g/mol. The van der Waals surface area contributed by atoms with Crippen molar-refractivity contribution in [2.75, 3.05) is 6.54 Å². The second-order valence-electron chi connectivity index (χ2n) is 4.55.